The summed E-state index contributed by atoms with van der Waals surface area (Å²) in [7, 11) is 0. The molecule has 0 spiro atoms. The van der Waals surface area contributed by atoms with Crippen LogP contribution in [-0.4, -0.2) is 11.1 Å². The minimum atomic E-state index is -1.11. The second kappa shape index (κ2) is 7.49. The fraction of sp³-hybridized carbons (Fsp3) is 0. The Morgan fingerprint density at radius 1 is 1.08 bits per heavy atom. The van der Waals surface area contributed by atoms with Crippen LogP contribution in [-0.2, 0) is 0 Å². The van der Waals surface area contributed by atoms with Gasteiger partial charge in [-0.25, -0.2) is 4.79 Å². The number of aromatic carboxylic acids is 1. The van der Waals surface area contributed by atoms with Crippen LogP contribution in [0.15, 0.2) is 59.0 Å². The molecule has 128 valence electrons. The van der Waals surface area contributed by atoms with Crippen LogP contribution in [0.1, 0.15) is 21.7 Å². The van der Waals surface area contributed by atoms with Gasteiger partial charge >= 0.3 is 5.97 Å². The van der Waals surface area contributed by atoms with Gasteiger partial charge in [0.1, 0.15) is 11.5 Å². The van der Waals surface area contributed by atoms with Crippen molar-refractivity contribution in [1.29, 1.82) is 5.26 Å². The van der Waals surface area contributed by atoms with Crippen LogP contribution < -0.4 is 0 Å². The van der Waals surface area contributed by atoms with Crippen LogP contribution in [0.3, 0.4) is 0 Å². The number of nitriles is 1. The van der Waals surface area contributed by atoms with Gasteiger partial charge in [-0.05, 0) is 54.1 Å². The first-order chi connectivity index (χ1) is 12.5. The van der Waals surface area contributed by atoms with Crippen molar-refractivity contribution in [2.75, 3.05) is 0 Å². The zero-order valence-corrected chi connectivity index (χ0v) is 14.8. The Kier molecular flexibility index (Phi) is 5.13. The summed E-state index contributed by atoms with van der Waals surface area (Å²) in [6.07, 6.45) is 1.61. The van der Waals surface area contributed by atoms with Crippen LogP contribution >= 0.6 is 23.2 Å². The smallest absolute Gasteiger partial charge is 0.337 e. The van der Waals surface area contributed by atoms with E-state index >= 15 is 0 Å². The third kappa shape index (κ3) is 3.80. The van der Waals surface area contributed by atoms with Crippen molar-refractivity contribution in [3.8, 4) is 17.4 Å². The highest BCUT2D eigenvalue weighted by Gasteiger charge is 2.12. The molecule has 0 saturated carbocycles. The predicted molar refractivity (Wildman–Crippen MR) is 101 cm³/mol. The Bertz CT molecular complexity index is 1040. The summed E-state index contributed by atoms with van der Waals surface area (Å²) in [5.41, 5.74) is 1.72. The maximum Gasteiger partial charge on any atom is 0.337 e. The quantitative estimate of drug-likeness (QED) is 0.559. The summed E-state index contributed by atoms with van der Waals surface area (Å²) in [5, 5.41) is 19.3. The van der Waals surface area contributed by atoms with Crippen molar-refractivity contribution < 1.29 is 14.3 Å². The Morgan fingerprint density at radius 3 is 2.46 bits per heavy atom. The summed E-state index contributed by atoms with van der Waals surface area (Å²) in [6, 6.07) is 17.1. The molecule has 0 atom stereocenters. The fourth-order valence-corrected chi connectivity index (χ4v) is 2.70. The molecule has 0 fully saturated rings. The van der Waals surface area contributed by atoms with Gasteiger partial charge in [0.05, 0.1) is 22.2 Å². The molecule has 3 aromatic rings. The van der Waals surface area contributed by atoms with E-state index in [1.807, 2.05) is 0 Å². The zero-order valence-electron chi connectivity index (χ0n) is 13.2. The number of carboxylic acid groups (broad SMARTS) is 1. The molecule has 1 heterocycles. The van der Waals surface area contributed by atoms with Gasteiger partial charge in [0.15, 0.2) is 0 Å². The molecule has 3 rings (SSSR count). The van der Waals surface area contributed by atoms with Gasteiger partial charge in [0, 0.05) is 10.6 Å². The Morgan fingerprint density at radius 2 is 1.81 bits per heavy atom. The largest absolute Gasteiger partial charge is 0.478 e. The molecule has 0 aliphatic carbocycles. The van der Waals surface area contributed by atoms with E-state index in [9.17, 15) is 10.1 Å². The van der Waals surface area contributed by atoms with Crippen LogP contribution in [0.2, 0.25) is 10.0 Å². The van der Waals surface area contributed by atoms with Gasteiger partial charge in [0.2, 0.25) is 0 Å². The van der Waals surface area contributed by atoms with Crippen molar-refractivity contribution in [3.63, 3.8) is 0 Å². The lowest BCUT2D eigenvalue weighted by Crippen LogP contribution is -1.97. The highest BCUT2D eigenvalue weighted by atomic mass is 35.5. The molecule has 0 aliphatic rings. The maximum atomic E-state index is 11.2. The van der Waals surface area contributed by atoms with E-state index in [1.54, 1.807) is 48.5 Å². The molecule has 0 aliphatic heterocycles. The lowest BCUT2D eigenvalue weighted by Gasteiger charge is -2.02. The van der Waals surface area contributed by atoms with Gasteiger partial charge in [0.25, 0.3) is 0 Å². The molecular weight excluding hydrogens is 373 g/mol. The molecule has 0 bridgehead atoms. The van der Waals surface area contributed by atoms with E-state index in [4.69, 9.17) is 32.7 Å². The molecule has 26 heavy (non-hydrogen) atoms. The Balaban J connectivity index is 1.95. The highest BCUT2D eigenvalue weighted by molar-refractivity contribution is 6.33. The van der Waals surface area contributed by atoms with Crippen molar-refractivity contribution in [1.82, 2.24) is 0 Å². The SMILES string of the molecule is N#CC(=Cc1ccc(-c2ccc(Cl)c(C(=O)O)c2)o1)c1ccc(Cl)cc1. The summed E-state index contributed by atoms with van der Waals surface area (Å²) in [5.74, 6) is -0.167. The van der Waals surface area contributed by atoms with Gasteiger partial charge < -0.3 is 9.52 Å². The normalized spacial score (nSPS) is 11.2. The molecule has 1 aromatic heterocycles. The summed E-state index contributed by atoms with van der Waals surface area (Å²) in [4.78, 5) is 11.2. The number of carbonyl (C=O) groups is 1. The first-order valence-electron chi connectivity index (χ1n) is 7.48. The number of rotatable bonds is 4. The lowest BCUT2D eigenvalue weighted by molar-refractivity contribution is 0.0697. The first kappa shape index (κ1) is 17.8. The number of carboxylic acids is 1. The summed E-state index contributed by atoms with van der Waals surface area (Å²) in [6.45, 7) is 0. The topological polar surface area (TPSA) is 74.2 Å². The number of hydrogen-bond acceptors (Lipinski definition) is 3. The molecule has 1 N–H and O–H groups in total. The number of hydrogen-bond donors (Lipinski definition) is 1. The number of benzene rings is 2. The molecule has 6 heteroatoms. The molecular formula is C20H11Cl2NO3. The second-order valence-electron chi connectivity index (χ2n) is 5.38. The average molecular weight is 384 g/mol. The van der Waals surface area contributed by atoms with Crippen LogP contribution in [0.4, 0.5) is 0 Å². The van der Waals surface area contributed by atoms with Gasteiger partial charge in [-0.1, -0.05) is 35.3 Å². The predicted octanol–water partition coefficient (Wildman–Crippen LogP) is 6.02. The van der Waals surface area contributed by atoms with Crippen LogP contribution in [0, 0.1) is 11.3 Å². The van der Waals surface area contributed by atoms with Crippen LogP contribution in [0.25, 0.3) is 23.0 Å². The number of nitrogens with zero attached hydrogens (tertiary/aromatic N) is 1. The third-order valence-electron chi connectivity index (χ3n) is 3.67. The van der Waals surface area contributed by atoms with Gasteiger partial charge in [-0.3, -0.25) is 0 Å². The summed E-state index contributed by atoms with van der Waals surface area (Å²) >= 11 is 11.7. The molecule has 4 nitrogen and oxygen atoms in total. The fourth-order valence-electron chi connectivity index (χ4n) is 2.38. The minimum absolute atomic E-state index is 0.00321. The number of allylic oxidation sites excluding steroid dienone is 1. The van der Waals surface area contributed by atoms with Crippen LogP contribution in [0.5, 0.6) is 0 Å². The Labute approximate surface area is 159 Å². The van der Waals surface area contributed by atoms with E-state index in [1.165, 1.54) is 12.1 Å². The van der Waals surface area contributed by atoms with Crippen molar-refractivity contribution >= 4 is 40.8 Å². The molecule has 0 saturated heterocycles. The molecule has 0 radical (unpaired) electrons. The van der Waals surface area contributed by atoms with Crippen molar-refractivity contribution in [2.24, 2.45) is 0 Å². The summed E-state index contributed by atoms with van der Waals surface area (Å²) < 4.78 is 5.73. The van der Waals surface area contributed by atoms with Gasteiger partial charge in [-0.2, -0.15) is 5.26 Å². The first-order valence-corrected chi connectivity index (χ1v) is 8.24. The Hall–Kier alpha value is -3.00. The average Bonchev–Trinajstić information content (AvgIpc) is 3.09. The van der Waals surface area contributed by atoms with Crippen molar-refractivity contribution in [3.05, 3.63) is 81.5 Å². The third-order valence-corrected chi connectivity index (χ3v) is 4.25. The standard InChI is InChI=1S/C20H11Cl2NO3/c21-15-4-1-12(2-5-15)14(11-23)9-16-6-8-19(26-16)13-3-7-18(22)17(10-13)20(24)25/h1-10H,(H,24,25). The monoisotopic (exact) mass is 383 g/mol. The second-order valence-corrected chi connectivity index (χ2v) is 6.22. The number of furan rings is 1. The maximum absolute atomic E-state index is 11.2. The van der Waals surface area contributed by atoms with E-state index in [2.05, 4.69) is 6.07 Å². The van der Waals surface area contributed by atoms with E-state index in [0.717, 1.165) is 5.56 Å². The van der Waals surface area contributed by atoms with Crippen molar-refractivity contribution in [2.45, 2.75) is 0 Å². The van der Waals surface area contributed by atoms with Gasteiger partial charge in [-0.15, -0.1) is 0 Å². The minimum Gasteiger partial charge on any atom is -0.478 e. The van der Waals surface area contributed by atoms with E-state index < -0.39 is 5.97 Å². The molecule has 0 unspecified atom stereocenters. The van der Waals surface area contributed by atoms with E-state index in [0.29, 0.717) is 27.7 Å². The molecule has 2 aromatic carbocycles. The number of halogens is 2. The zero-order chi connectivity index (χ0) is 18.7. The highest BCUT2D eigenvalue weighted by Crippen LogP contribution is 2.28. The lowest BCUT2D eigenvalue weighted by atomic mass is 10.1. The molecule has 0 amide bonds. The van der Waals surface area contributed by atoms with E-state index in [-0.39, 0.29) is 10.6 Å².